The van der Waals surface area contributed by atoms with Crippen molar-refractivity contribution < 1.29 is 0 Å². The topological polar surface area (TPSA) is 51.8 Å². The van der Waals surface area contributed by atoms with Gasteiger partial charge < -0.3 is 5.73 Å². The van der Waals surface area contributed by atoms with Crippen molar-refractivity contribution >= 4 is 51.7 Å². The summed E-state index contributed by atoms with van der Waals surface area (Å²) < 4.78 is 0. The summed E-state index contributed by atoms with van der Waals surface area (Å²) in [6.07, 6.45) is 1.46. The minimum Gasteiger partial charge on any atom is -0.383 e. The summed E-state index contributed by atoms with van der Waals surface area (Å²) in [4.78, 5) is 10.2. The number of aromatic nitrogens is 2. The third-order valence-corrected chi connectivity index (χ3v) is 4.56. The molecule has 3 aromatic rings. The van der Waals surface area contributed by atoms with Crippen molar-refractivity contribution in [2.75, 3.05) is 5.73 Å². The molecule has 0 aliphatic rings. The zero-order valence-corrected chi connectivity index (χ0v) is 12.5. The van der Waals surface area contributed by atoms with Crippen LogP contribution < -0.4 is 5.73 Å². The lowest BCUT2D eigenvalue weighted by Crippen LogP contribution is -1.94. The van der Waals surface area contributed by atoms with E-state index in [2.05, 4.69) is 9.97 Å². The second-order valence-electron chi connectivity index (χ2n) is 4.09. The maximum Gasteiger partial charge on any atom is 0.135 e. The molecular formula is C14H9Cl2N3S. The lowest BCUT2D eigenvalue weighted by molar-refractivity contribution is 1.22. The van der Waals surface area contributed by atoms with Gasteiger partial charge in [-0.05, 0) is 30.3 Å². The molecule has 0 unspecified atom stereocenters. The van der Waals surface area contributed by atoms with Gasteiger partial charge in [-0.2, -0.15) is 0 Å². The van der Waals surface area contributed by atoms with E-state index in [0.717, 1.165) is 20.7 Å². The van der Waals surface area contributed by atoms with Crippen LogP contribution in [-0.4, -0.2) is 9.97 Å². The van der Waals surface area contributed by atoms with E-state index in [1.165, 1.54) is 6.33 Å². The molecule has 0 aliphatic carbocycles. The first-order valence-electron chi connectivity index (χ1n) is 5.77. The maximum absolute atomic E-state index is 6.03. The molecule has 0 spiro atoms. The Morgan fingerprint density at radius 2 is 1.85 bits per heavy atom. The summed E-state index contributed by atoms with van der Waals surface area (Å²) in [5, 5.41) is 1.92. The number of hydrogen-bond donors (Lipinski definition) is 1. The van der Waals surface area contributed by atoms with Crippen molar-refractivity contribution in [2.45, 2.75) is 9.79 Å². The van der Waals surface area contributed by atoms with E-state index in [1.54, 1.807) is 17.8 Å². The largest absolute Gasteiger partial charge is 0.383 e. The summed E-state index contributed by atoms with van der Waals surface area (Å²) in [7, 11) is 0. The van der Waals surface area contributed by atoms with Gasteiger partial charge in [0.05, 0.1) is 20.9 Å². The molecule has 0 aliphatic heterocycles. The number of rotatable bonds is 2. The van der Waals surface area contributed by atoms with E-state index in [4.69, 9.17) is 28.9 Å². The summed E-state index contributed by atoms with van der Waals surface area (Å²) in [6.45, 7) is 0. The van der Waals surface area contributed by atoms with Crippen molar-refractivity contribution in [3.05, 3.63) is 52.8 Å². The van der Waals surface area contributed by atoms with Gasteiger partial charge in [0, 0.05) is 9.79 Å². The molecule has 0 radical (unpaired) electrons. The molecule has 0 saturated carbocycles. The Hall–Kier alpha value is -1.49. The number of nitrogens with zero attached hydrogens (tertiary/aromatic N) is 2. The molecule has 2 N–H and O–H groups in total. The predicted molar refractivity (Wildman–Crippen MR) is 84.5 cm³/mol. The van der Waals surface area contributed by atoms with Crippen molar-refractivity contribution in [1.29, 1.82) is 0 Å². The Labute approximate surface area is 130 Å². The molecule has 100 valence electrons. The number of anilines is 1. The number of halogens is 2. The standard InChI is InChI=1S/C14H9Cl2N3S/c15-9-5-4-8(6-10(9)16)20-12-3-1-2-11-13(12)14(17)19-7-18-11/h1-7H,(H2,17,18,19). The van der Waals surface area contributed by atoms with Gasteiger partial charge in [0.25, 0.3) is 0 Å². The number of benzene rings is 2. The Kier molecular flexibility index (Phi) is 3.70. The van der Waals surface area contributed by atoms with Gasteiger partial charge in [0.15, 0.2) is 0 Å². The Morgan fingerprint density at radius 1 is 1.00 bits per heavy atom. The molecule has 6 heteroatoms. The maximum atomic E-state index is 6.03. The van der Waals surface area contributed by atoms with E-state index < -0.39 is 0 Å². The highest BCUT2D eigenvalue weighted by molar-refractivity contribution is 7.99. The van der Waals surface area contributed by atoms with Gasteiger partial charge in [0.1, 0.15) is 12.1 Å². The summed E-state index contributed by atoms with van der Waals surface area (Å²) in [5.74, 6) is 0.471. The third-order valence-electron chi connectivity index (χ3n) is 2.77. The molecule has 0 saturated heterocycles. The first-order chi connectivity index (χ1) is 9.65. The smallest absolute Gasteiger partial charge is 0.135 e. The molecule has 2 aromatic carbocycles. The van der Waals surface area contributed by atoms with Gasteiger partial charge in [0.2, 0.25) is 0 Å². The molecule has 0 bridgehead atoms. The fourth-order valence-corrected chi connectivity index (χ4v) is 3.24. The van der Waals surface area contributed by atoms with E-state index >= 15 is 0 Å². The number of hydrogen-bond acceptors (Lipinski definition) is 4. The molecule has 0 fully saturated rings. The second kappa shape index (κ2) is 5.48. The van der Waals surface area contributed by atoms with Gasteiger partial charge in [-0.25, -0.2) is 9.97 Å². The quantitative estimate of drug-likeness (QED) is 0.745. The highest BCUT2D eigenvalue weighted by atomic mass is 35.5. The molecule has 20 heavy (non-hydrogen) atoms. The van der Waals surface area contributed by atoms with Gasteiger partial charge in [-0.1, -0.05) is 41.0 Å². The molecular weight excluding hydrogens is 313 g/mol. The zero-order chi connectivity index (χ0) is 14.1. The van der Waals surface area contributed by atoms with Crippen LogP contribution in [0.4, 0.5) is 5.82 Å². The average Bonchev–Trinajstić information content (AvgIpc) is 2.43. The minimum absolute atomic E-state index is 0.471. The van der Waals surface area contributed by atoms with Crippen molar-refractivity contribution in [2.24, 2.45) is 0 Å². The fraction of sp³-hybridized carbons (Fsp3) is 0. The summed E-state index contributed by atoms with van der Waals surface area (Å²) in [6, 6.07) is 11.3. The van der Waals surface area contributed by atoms with Crippen molar-refractivity contribution in [1.82, 2.24) is 9.97 Å². The van der Waals surface area contributed by atoms with Crippen molar-refractivity contribution in [3.8, 4) is 0 Å². The number of fused-ring (bicyclic) bond motifs is 1. The van der Waals surface area contributed by atoms with Crippen LogP contribution in [0.25, 0.3) is 10.9 Å². The summed E-state index contributed by atoms with van der Waals surface area (Å²) >= 11 is 13.5. The molecule has 3 nitrogen and oxygen atoms in total. The van der Waals surface area contributed by atoms with Crippen LogP contribution in [0.15, 0.2) is 52.5 Å². The van der Waals surface area contributed by atoms with Gasteiger partial charge in [-0.15, -0.1) is 0 Å². The number of nitrogen functional groups attached to an aromatic ring is 1. The highest BCUT2D eigenvalue weighted by Gasteiger charge is 2.09. The van der Waals surface area contributed by atoms with E-state index in [1.807, 2.05) is 30.3 Å². The van der Waals surface area contributed by atoms with Gasteiger partial charge in [-0.3, -0.25) is 0 Å². The Morgan fingerprint density at radius 3 is 2.65 bits per heavy atom. The lowest BCUT2D eigenvalue weighted by atomic mass is 10.2. The van der Waals surface area contributed by atoms with Gasteiger partial charge >= 0.3 is 0 Å². The fourth-order valence-electron chi connectivity index (χ4n) is 1.85. The molecule has 0 atom stereocenters. The zero-order valence-electron chi connectivity index (χ0n) is 10.2. The van der Waals surface area contributed by atoms with Crippen LogP contribution in [-0.2, 0) is 0 Å². The van der Waals surface area contributed by atoms with Crippen LogP contribution in [0.5, 0.6) is 0 Å². The van der Waals surface area contributed by atoms with E-state index in [0.29, 0.717) is 15.9 Å². The van der Waals surface area contributed by atoms with Crippen LogP contribution in [0.3, 0.4) is 0 Å². The third kappa shape index (κ3) is 2.54. The van der Waals surface area contributed by atoms with Crippen LogP contribution in [0, 0.1) is 0 Å². The van der Waals surface area contributed by atoms with Crippen LogP contribution in [0.1, 0.15) is 0 Å². The second-order valence-corrected chi connectivity index (χ2v) is 6.02. The molecule has 0 amide bonds. The summed E-state index contributed by atoms with van der Waals surface area (Å²) in [5.41, 5.74) is 6.77. The van der Waals surface area contributed by atoms with Crippen LogP contribution >= 0.6 is 35.0 Å². The first kappa shape index (κ1) is 13.5. The first-order valence-corrected chi connectivity index (χ1v) is 7.34. The molecule has 1 aromatic heterocycles. The molecule has 1 heterocycles. The average molecular weight is 322 g/mol. The normalized spacial score (nSPS) is 10.9. The van der Waals surface area contributed by atoms with Crippen LogP contribution in [0.2, 0.25) is 10.0 Å². The SMILES string of the molecule is Nc1ncnc2cccc(Sc3ccc(Cl)c(Cl)c3)c12. The number of nitrogens with two attached hydrogens (primary N) is 1. The monoisotopic (exact) mass is 321 g/mol. The highest BCUT2D eigenvalue weighted by Crippen LogP contribution is 2.37. The van der Waals surface area contributed by atoms with E-state index in [-0.39, 0.29) is 0 Å². The molecule has 3 rings (SSSR count). The Balaban J connectivity index is 2.08. The lowest BCUT2D eigenvalue weighted by Gasteiger charge is -2.08. The minimum atomic E-state index is 0.471. The van der Waals surface area contributed by atoms with E-state index in [9.17, 15) is 0 Å². The Bertz CT molecular complexity index is 787. The van der Waals surface area contributed by atoms with Crippen molar-refractivity contribution in [3.63, 3.8) is 0 Å². The predicted octanol–water partition coefficient (Wildman–Crippen LogP) is 4.67.